The maximum absolute atomic E-state index is 12.2. The van der Waals surface area contributed by atoms with Gasteiger partial charge in [0.05, 0.1) is 22.6 Å². The molecule has 10 heteroatoms. The Morgan fingerprint density at radius 2 is 2.08 bits per heavy atom. The van der Waals surface area contributed by atoms with Gasteiger partial charge < -0.3 is 9.84 Å². The third-order valence-corrected chi connectivity index (χ3v) is 4.61. The van der Waals surface area contributed by atoms with E-state index in [0.29, 0.717) is 12.2 Å². The van der Waals surface area contributed by atoms with Crippen LogP contribution in [0.3, 0.4) is 0 Å². The molecule has 0 bridgehead atoms. The van der Waals surface area contributed by atoms with E-state index in [4.69, 9.17) is 4.74 Å². The van der Waals surface area contributed by atoms with Crippen LogP contribution in [0.25, 0.3) is 0 Å². The summed E-state index contributed by atoms with van der Waals surface area (Å²) >= 11 is 0. The summed E-state index contributed by atoms with van der Waals surface area (Å²) in [5, 5.41) is 24.6. The highest BCUT2D eigenvalue weighted by Gasteiger charge is 2.19. The smallest absolute Gasteiger partial charge is 0.276 e. The minimum Gasteiger partial charge on any atom is -0.504 e. The topological polar surface area (TPSA) is 131 Å². The number of aromatic hydroxyl groups is 1. The minimum absolute atomic E-state index is 0.178. The van der Waals surface area contributed by atoms with Gasteiger partial charge in [-0.1, -0.05) is 12.1 Å². The Bertz CT molecular complexity index is 956. The molecule has 2 N–H and O–H groups in total. The van der Waals surface area contributed by atoms with Crippen LogP contribution in [0, 0.1) is 17.0 Å². The number of phenols is 1. The molecule has 0 amide bonds. The first kappa shape index (κ1) is 19.2. The van der Waals surface area contributed by atoms with Crippen LogP contribution in [0.4, 0.5) is 5.69 Å². The number of nitrogens with zero attached hydrogens (tertiary/aromatic N) is 2. The van der Waals surface area contributed by atoms with Gasteiger partial charge in [-0.25, -0.2) is 4.83 Å². The first-order chi connectivity index (χ1) is 12.3. The zero-order valence-electron chi connectivity index (χ0n) is 14.0. The third-order valence-electron chi connectivity index (χ3n) is 3.39. The summed E-state index contributed by atoms with van der Waals surface area (Å²) in [5.41, 5.74) is 0.280. The molecule has 0 saturated heterocycles. The number of nitro benzene ring substituents is 1. The lowest BCUT2D eigenvalue weighted by Gasteiger charge is -2.07. The zero-order valence-corrected chi connectivity index (χ0v) is 14.9. The van der Waals surface area contributed by atoms with Crippen molar-refractivity contribution in [3.63, 3.8) is 0 Å². The third kappa shape index (κ3) is 4.28. The Labute approximate surface area is 150 Å². The van der Waals surface area contributed by atoms with Gasteiger partial charge in [0.2, 0.25) is 0 Å². The van der Waals surface area contributed by atoms with Gasteiger partial charge in [0.25, 0.3) is 15.7 Å². The van der Waals surface area contributed by atoms with Crippen LogP contribution >= 0.6 is 0 Å². The van der Waals surface area contributed by atoms with Crippen molar-refractivity contribution in [3.05, 3.63) is 57.6 Å². The Morgan fingerprint density at radius 3 is 2.73 bits per heavy atom. The SMILES string of the molecule is CCOc1cccc(/C=N/NS(=O)(=O)c2ccc(C)c([N+](=O)[O-])c2)c1O. The Morgan fingerprint density at radius 1 is 1.35 bits per heavy atom. The molecule has 0 radical (unpaired) electrons. The highest BCUT2D eigenvalue weighted by molar-refractivity contribution is 7.89. The molecule has 2 rings (SSSR count). The summed E-state index contributed by atoms with van der Waals surface area (Å²) in [5.74, 6) is 0.0664. The van der Waals surface area contributed by atoms with E-state index in [9.17, 15) is 23.6 Å². The molecule has 0 atom stereocenters. The van der Waals surface area contributed by atoms with Crippen molar-refractivity contribution in [2.24, 2.45) is 5.10 Å². The number of para-hydroxylation sites is 1. The van der Waals surface area contributed by atoms with Gasteiger partial charge >= 0.3 is 0 Å². The summed E-state index contributed by atoms with van der Waals surface area (Å²) in [6.07, 6.45) is 1.11. The van der Waals surface area contributed by atoms with E-state index < -0.39 is 14.9 Å². The van der Waals surface area contributed by atoms with Crippen LogP contribution in [0.5, 0.6) is 11.5 Å². The quantitative estimate of drug-likeness (QED) is 0.431. The lowest BCUT2D eigenvalue weighted by atomic mass is 10.2. The normalized spacial score (nSPS) is 11.5. The second-order valence-electron chi connectivity index (χ2n) is 5.19. The predicted octanol–water partition coefficient (Wildman–Crippen LogP) is 2.32. The number of nitrogens with one attached hydrogen (secondary N) is 1. The summed E-state index contributed by atoms with van der Waals surface area (Å²) in [7, 11) is -4.10. The first-order valence-corrected chi connectivity index (χ1v) is 8.99. The zero-order chi connectivity index (χ0) is 19.3. The number of hydrogen-bond acceptors (Lipinski definition) is 7. The molecule has 0 aliphatic heterocycles. The molecule has 0 aliphatic carbocycles. The number of hydrogen-bond donors (Lipinski definition) is 2. The fourth-order valence-electron chi connectivity index (χ4n) is 2.09. The number of sulfonamides is 1. The standard InChI is InChI=1S/C16H17N3O6S/c1-3-25-15-6-4-5-12(16(15)20)10-17-18-26(23,24)13-8-7-11(2)14(9-13)19(21)22/h4-10,18,20H,3H2,1-2H3/b17-10+. The lowest BCUT2D eigenvalue weighted by Crippen LogP contribution is -2.18. The molecular formula is C16H17N3O6S. The number of ether oxygens (including phenoxy) is 1. The van der Waals surface area contributed by atoms with E-state index in [-0.39, 0.29) is 27.6 Å². The van der Waals surface area contributed by atoms with E-state index in [1.807, 2.05) is 4.83 Å². The van der Waals surface area contributed by atoms with Crippen molar-refractivity contribution in [1.29, 1.82) is 0 Å². The maximum atomic E-state index is 12.2. The number of nitro groups is 1. The van der Waals surface area contributed by atoms with Gasteiger partial charge in [0.1, 0.15) is 0 Å². The van der Waals surface area contributed by atoms with Crippen LogP contribution in [0.2, 0.25) is 0 Å². The lowest BCUT2D eigenvalue weighted by molar-refractivity contribution is -0.385. The predicted molar refractivity (Wildman–Crippen MR) is 95.0 cm³/mol. The van der Waals surface area contributed by atoms with Crippen LogP contribution < -0.4 is 9.57 Å². The Balaban J connectivity index is 2.23. The molecule has 0 heterocycles. The minimum atomic E-state index is -4.10. The molecule has 0 aliphatic rings. The van der Waals surface area contributed by atoms with Crippen LogP contribution in [-0.4, -0.2) is 31.3 Å². The van der Waals surface area contributed by atoms with Gasteiger partial charge in [-0.15, -0.1) is 0 Å². The van der Waals surface area contributed by atoms with E-state index in [1.54, 1.807) is 19.1 Å². The summed E-state index contributed by atoms with van der Waals surface area (Å²) in [4.78, 5) is 11.9. The van der Waals surface area contributed by atoms with Gasteiger partial charge in [-0.3, -0.25) is 10.1 Å². The van der Waals surface area contributed by atoms with Gasteiger partial charge in [-0.05, 0) is 32.0 Å². The number of hydrazone groups is 1. The van der Waals surface area contributed by atoms with Crippen molar-refractivity contribution >= 4 is 21.9 Å². The van der Waals surface area contributed by atoms with E-state index >= 15 is 0 Å². The molecular weight excluding hydrogens is 362 g/mol. The second-order valence-corrected chi connectivity index (χ2v) is 6.85. The molecule has 9 nitrogen and oxygen atoms in total. The van der Waals surface area contributed by atoms with Gasteiger partial charge in [-0.2, -0.15) is 13.5 Å². The maximum Gasteiger partial charge on any atom is 0.276 e. The van der Waals surface area contributed by atoms with E-state index in [0.717, 1.165) is 12.3 Å². The van der Waals surface area contributed by atoms with Crippen molar-refractivity contribution in [2.75, 3.05) is 6.61 Å². The van der Waals surface area contributed by atoms with Gasteiger partial charge in [0, 0.05) is 17.2 Å². The Kier molecular flexibility index (Phi) is 5.78. The molecule has 26 heavy (non-hydrogen) atoms. The van der Waals surface area contributed by atoms with Gasteiger partial charge in [0.15, 0.2) is 11.5 Å². The van der Waals surface area contributed by atoms with Crippen molar-refractivity contribution in [1.82, 2.24) is 4.83 Å². The second kappa shape index (κ2) is 7.83. The number of rotatable bonds is 7. The summed E-state index contributed by atoms with van der Waals surface area (Å²) in [6.45, 7) is 3.62. The average Bonchev–Trinajstić information content (AvgIpc) is 2.58. The highest BCUT2D eigenvalue weighted by atomic mass is 32.2. The average molecular weight is 379 g/mol. The molecule has 0 unspecified atom stereocenters. The molecule has 2 aromatic carbocycles. The largest absolute Gasteiger partial charge is 0.504 e. The van der Waals surface area contributed by atoms with Crippen molar-refractivity contribution < 1.29 is 23.2 Å². The summed E-state index contributed by atoms with van der Waals surface area (Å²) < 4.78 is 29.7. The molecule has 138 valence electrons. The van der Waals surface area contributed by atoms with Crippen LogP contribution in [0.15, 0.2) is 46.4 Å². The van der Waals surface area contributed by atoms with Crippen molar-refractivity contribution in [2.45, 2.75) is 18.7 Å². The van der Waals surface area contributed by atoms with Crippen LogP contribution in [-0.2, 0) is 10.0 Å². The monoisotopic (exact) mass is 379 g/mol. The van der Waals surface area contributed by atoms with Crippen molar-refractivity contribution in [3.8, 4) is 11.5 Å². The van der Waals surface area contributed by atoms with E-state index in [2.05, 4.69) is 5.10 Å². The summed E-state index contributed by atoms with van der Waals surface area (Å²) in [6, 6.07) is 8.24. The number of benzene rings is 2. The first-order valence-electron chi connectivity index (χ1n) is 7.51. The number of aryl methyl sites for hydroxylation is 1. The highest BCUT2D eigenvalue weighted by Crippen LogP contribution is 2.28. The fourth-order valence-corrected chi connectivity index (χ4v) is 2.90. The number of phenolic OH excluding ortho intramolecular Hbond substituents is 1. The van der Waals surface area contributed by atoms with E-state index in [1.165, 1.54) is 25.1 Å². The molecule has 2 aromatic rings. The molecule has 0 spiro atoms. The van der Waals surface area contributed by atoms with Crippen LogP contribution in [0.1, 0.15) is 18.1 Å². The Hall–Kier alpha value is -3.14. The molecule has 0 aromatic heterocycles. The molecule has 0 fully saturated rings. The fraction of sp³-hybridized carbons (Fsp3) is 0.188. The molecule has 0 saturated carbocycles.